The molecule has 1 saturated heterocycles. The van der Waals surface area contributed by atoms with Gasteiger partial charge in [0, 0.05) is 59.5 Å². The summed E-state index contributed by atoms with van der Waals surface area (Å²) in [6.07, 6.45) is -0.313. The number of hydrogen-bond donors (Lipinski definition) is 2. The van der Waals surface area contributed by atoms with E-state index in [9.17, 15) is 20.3 Å². The highest BCUT2D eigenvalue weighted by Crippen LogP contribution is 2.37. The van der Waals surface area contributed by atoms with E-state index in [1.165, 1.54) is 6.07 Å². The molecular formula is C23H21Cl2N3O4. The number of phenols is 2. The number of nitro benzene ring substituents is 1. The molecule has 4 rings (SSSR count). The number of hydrogen-bond acceptors (Lipinski definition) is 6. The third-order valence-corrected chi connectivity index (χ3v) is 6.05. The van der Waals surface area contributed by atoms with Gasteiger partial charge in [-0.05, 0) is 42.0 Å². The van der Waals surface area contributed by atoms with Crippen molar-refractivity contribution in [3.63, 3.8) is 0 Å². The minimum atomic E-state index is -0.418. The van der Waals surface area contributed by atoms with Crippen molar-refractivity contribution >= 4 is 28.9 Å². The summed E-state index contributed by atoms with van der Waals surface area (Å²) in [5.41, 5.74) is 2.09. The smallest absolute Gasteiger partial charge is 0.269 e. The van der Waals surface area contributed by atoms with E-state index in [1.54, 1.807) is 48.5 Å². The molecule has 1 aliphatic rings. The molecule has 1 heterocycles. The van der Waals surface area contributed by atoms with Gasteiger partial charge >= 0.3 is 0 Å². The van der Waals surface area contributed by atoms with Crippen LogP contribution in [0.15, 0.2) is 60.7 Å². The third-order valence-electron chi connectivity index (χ3n) is 5.58. The maximum Gasteiger partial charge on any atom is 0.269 e. The van der Waals surface area contributed by atoms with Crippen LogP contribution in [-0.2, 0) is 13.1 Å². The third kappa shape index (κ3) is 4.81. The summed E-state index contributed by atoms with van der Waals surface area (Å²) in [7, 11) is 0. The monoisotopic (exact) mass is 473 g/mol. The zero-order valence-corrected chi connectivity index (χ0v) is 18.5. The van der Waals surface area contributed by atoms with Gasteiger partial charge in [-0.1, -0.05) is 35.3 Å². The molecule has 1 aliphatic heterocycles. The van der Waals surface area contributed by atoms with E-state index in [1.807, 2.05) is 6.07 Å². The van der Waals surface area contributed by atoms with Crippen LogP contribution in [0.3, 0.4) is 0 Å². The maximum absolute atomic E-state index is 11.4. The van der Waals surface area contributed by atoms with Crippen molar-refractivity contribution in [2.24, 2.45) is 0 Å². The van der Waals surface area contributed by atoms with Crippen molar-refractivity contribution in [2.45, 2.75) is 19.3 Å². The number of nitro groups is 1. The van der Waals surface area contributed by atoms with Gasteiger partial charge in [-0.2, -0.15) is 0 Å². The first-order valence-electron chi connectivity index (χ1n) is 9.99. The molecule has 9 heteroatoms. The normalized spacial score (nSPS) is 15.3. The van der Waals surface area contributed by atoms with Crippen molar-refractivity contribution in [3.8, 4) is 11.5 Å². The molecular weight excluding hydrogens is 453 g/mol. The van der Waals surface area contributed by atoms with Gasteiger partial charge in [-0.3, -0.25) is 19.9 Å². The van der Waals surface area contributed by atoms with Crippen LogP contribution >= 0.6 is 23.2 Å². The quantitative estimate of drug-likeness (QED) is 0.371. The van der Waals surface area contributed by atoms with Crippen LogP contribution in [0.4, 0.5) is 5.69 Å². The van der Waals surface area contributed by atoms with Gasteiger partial charge in [0.25, 0.3) is 5.69 Å². The number of phenolic OH excluding ortho intramolecular Hbond substituents is 2. The zero-order chi connectivity index (χ0) is 22.8. The lowest BCUT2D eigenvalue weighted by molar-refractivity contribution is -0.385. The second-order valence-corrected chi connectivity index (χ2v) is 8.59. The lowest BCUT2D eigenvalue weighted by Gasteiger charge is -2.31. The highest BCUT2D eigenvalue weighted by atomic mass is 35.5. The molecule has 0 saturated carbocycles. The molecule has 3 aromatic rings. The predicted molar refractivity (Wildman–Crippen MR) is 123 cm³/mol. The summed E-state index contributed by atoms with van der Waals surface area (Å²) in [6, 6.07) is 16.3. The Labute approximate surface area is 195 Å². The van der Waals surface area contributed by atoms with Crippen molar-refractivity contribution < 1.29 is 15.1 Å². The van der Waals surface area contributed by atoms with E-state index in [-0.39, 0.29) is 23.4 Å². The van der Waals surface area contributed by atoms with Crippen LogP contribution in [0.1, 0.15) is 22.9 Å². The van der Waals surface area contributed by atoms with Crippen LogP contribution in [0.2, 0.25) is 10.0 Å². The molecule has 1 fully saturated rings. The number of aromatic hydroxyl groups is 2. The zero-order valence-electron chi connectivity index (χ0n) is 17.0. The molecule has 0 amide bonds. The van der Waals surface area contributed by atoms with Crippen LogP contribution in [0.25, 0.3) is 0 Å². The number of rotatable bonds is 6. The molecule has 0 radical (unpaired) electrons. The molecule has 0 aliphatic carbocycles. The minimum Gasteiger partial charge on any atom is -0.508 e. The first-order valence-corrected chi connectivity index (χ1v) is 10.7. The maximum atomic E-state index is 11.4. The molecule has 3 aromatic carbocycles. The summed E-state index contributed by atoms with van der Waals surface area (Å²) < 4.78 is 0. The topological polar surface area (TPSA) is 90.1 Å². The Balaban J connectivity index is 1.70. The van der Waals surface area contributed by atoms with Gasteiger partial charge in [0.2, 0.25) is 0 Å². The fourth-order valence-electron chi connectivity index (χ4n) is 4.08. The van der Waals surface area contributed by atoms with Gasteiger partial charge in [-0.15, -0.1) is 0 Å². The van der Waals surface area contributed by atoms with Crippen LogP contribution in [-0.4, -0.2) is 38.0 Å². The van der Waals surface area contributed by atoms with Crippen molar-refractivity contribution in [1.29, 1.82) is 0 Å². The number of non-ortho nitro benzene ring substituents is 1. The lowest BCUT2D eigenvalue weighted by atomic mass is 10.1. The van der Waals surface area contributed by atoms with Gasteiger partial charge in [0.1, 0.15) is 11.5 Å². The van der Waals surface area contributed by atoms with E-state index in [4.69, 9.17) is 23.2 Å². The number of nitrogens with zero attached hydrogens (tertiary/aromatic N) is 3. The highest BCUT2D eigenvalue weighted by Gasteiger charge is 2.34. The molecule has 0 spiro atoms. The fourth-order valence-corrected chi connectivity index (χ4v) is 4.47. The number of halogens is 2. The van der Waals surface area contributed by atoms with Crippen LogP contribution < -0.4 is 0 Å². The van der Waals surface area contributed by atoms with E-state index >= 15 is 0 Å². The lowest BCUT2D eigenvalue weighted by Crippen LogP contribution is -2.30. The summed E-state index contributed by atoms with van der Waals surface area (Å²) in [5.74, 6) is 0.274. The van der Waals surface area contributed by atoms with E-state index in [2.05, 4.69) is 9.80 Å². The molecule has 0 bridgehead atoms. The molecule has 2 N–H and O–H groups in total. The van der Waals surface area contributed by atoms with Crippen molar-refractivity contribution in [2.75, 3.05) is 13.1 Å². The van der Waals surface area contributed by atoms with Gasteiger partial charge in [0.15, 0.2) is 0 Å². The SMILES string of the molecule is O=[N+]([O-])c1cccc(C2N(Cc3cc(Cl)ccc3O)CCN2Cc2cc(Cl)ccc2O)c1. The molecule has 166 valence electrons. The molecule has 0 atom stereocenters. The summed E-state index contributed by atoms with van der Waals surface area (Å²) in [4.78, 5) is 15.2. The second-order valence-electron chi connectivity index (χ2n) is 7.71. The van der Waals surface area contributed by atoms with Gasteiger partial charge < -0.3 is 10.2 Å². The predicted octanol–water partition coefficient (Wildman–Crippen LogP) is 5.33. The van der Waals surface area contributed by atoms with Crippen molar-refractivity contribution in [1.82, 2.24) is 9.80 Å². The van der Waals surface area contributed by atoms with Crippen LogP contribution in [0, 0.1) is 10.1 Å². The highest BCUT2D eigenvalue weighted by molar-refractivity contribution is 6.31. The van der Waals surface area contributed by atoms with E-state index < -0.39 is 4.92 Å². The summed E-state index contributed by atoms with van der Waals surface area (Å²) in [5, 5.41) is 33.0. The largest absolute Gasteiger partial charge is 0.508 e. The first-order chi connectivity index (χ1) is 15.3. The Morgan fingerprint density at radius 2 is 1.41 bits per heavy atom. The Hall–Kier alpha value is -2.84. The average Bonchev–Trinajstić information content (AvgIpc) is 3.15. The van der Waals surface area contributed by atoms with Crippen molar-refractivity contribution in [3.05, 3.63) is 97.5 Å². The van der Waals surface area contributed by atoms with Gasteiger partial charge in [-0.25, -0.2) is 0 Å². The molecule has 0 aromatic heterocycles. The average molecular weight is 474 g/mol. The fraction of sp³-hybridized carbons (Fsp3) is 0.217. The summed E-state index contributed by atoms with van der Waals surface area (Å²) in [6.45, 7) is 2.11. The minimum absolute atomic E-state index is 0.00510. The van der Waals surface area contributed by atoms with Gasteiger partial charge in [0.05, 0.1) is 11.1 Å². The molecule has 7 nitrogen and oxygen atoms in total. The summed E-state index contributed by atoms with van der Waals surface area (Å²) >= 11 is 12.2. The Kier molecular flexibility index (Phi) is 6.53. The Morgan fingerprint density at radius 3 is 1.91 bits per heavy atom. The first kappa shape index (κ1) is 22.4. The van der Waals surface area contributed by atoms with E-state index in [0.29, 0.717) is 47.4 Å². The Morgan fingerprint density at radius 1 is 0.875 bits per heavy atom. The number of benzene rings is 3. The molecule has 0 unspecified atom stereocenters. The van der Waals surface area contributed by atoms with E-state index in [0.717, 1.165) is 5.56 Å². The Bertz CT molecular complexity index is 1100. The molecule has 32 heavy (non-hydrogen) atoms. The second kappa shape index (κ2) is 9.34. The standard InChI is InChI=1S/C23H21Cl2N3O4/c24-18-4-6-21(29)16(10-18)13-26-8-9-27(14-17-11-19(25)5-7-22(17)30)23(26)15-2-1-3-20(12-15)28(31)32/h1-7,10-12,23,29-30H,8-9,13-14H2. The van der Waals surface area contributed by atoms with Crippen LogP contribution in [0.5, 0.6) is 11.5 Å².